The second kappa shape index (κ2) is 9.24. The summed E-state index contributed by atoms with van der Waals surface area (Å²) < 4.78 is 0.988. The number of carboxylic acid groups (broad SMARTS) is 1. The first-order valence-corrected chi connectivity index (χ1v) is 12.9. The summed E-state index contributed by atoms with van der Waals surface area (Å²) in [6.45, 7) is 0. The van der Waals surface area contributed by atoms with Crippen molar-refractivity contribution < 1.29 is 14.8 Å². The molecule has 1 aliphatic carbocycles. The number of hydrogen-bond acceptors (Lipinski definition) is 5. The molecule has 0 amide bonds. The molecule has 2 aliphatic rings. The lowest BCUT2D eigenvalue weighted by Gasteiger charge is -2.38. The van der Waals surface area contributed by atoms with Gasteiger partial charge in [-0.25, -0.2) is 4.79 Å². The molecule has 2 N–H and O–H groups in total. The molecule has 1 fully saturated rings. The number of carbonyl (C=O) groups is 1. The Balaban J connectivity index is 1.55. The van der Waals surface area contributed by atoms with Gasteiger partial charge in [0.25, 0.3) is 5.69 Å². The lowest BCUT2D eigenvalue weighted by Crippen LogP contribution is -2.31. The van der Waals surface area contributed by atoms with Crippen molar-refractivity contribution in [2.75, 3.05) is 5.32 Å². The molecule has 1 saturated carbocycles. The number of anilines is 1. The van der Waals surface area contributed by atoms with E-state index in [-0.39, 0.29) is 44.7 Å². The van der Waals surface area contributed by atoms with Crippen molar-refractivity contribution in [3.8, 4) is 0 Å². The van der Waals surface area contributed by atoms with Crippen molar-refractivity contribution in [2.45, 2.75) is 33.9 Å². The van der Waals surface area contributed by atoms with Crippen LogP contribution in [0.1, 0.15) is 39.9 Å². The average molecular weight is 560 g/mol. The number of halogens is 2. The van der Waals surface area contributed by atoms with E-state index in [2.05, 4.69) is 33.4 Å². The highest BCUT2D eigenvalue weighted by Crippen LogP contribution is 2.58. The van der Waals surface area contributed by atoms with Gasteiger partial charge in [0, 0.05) is 27.4 Å². The highest BCUT2D eigenvalue weighted by atomic mass is 79.9. The highest BCUT2D eigenvalue weighted by molar-refractivity contribution is 9.10. The monoisotopic (exact) mass is 558 g/mol. The summed E-state index contributed by atoms with van der Waals surface area (Å²) in [7, 11) is 0. The van der Waals surface area contributed by atoms with Crippen LogP contribution >= 0.6 is 39.3 Å². The lowest BCUT2D eigenvalue weighted by atomic mass is 9.77. The van der Waals surface area contributed by atoms with E-state index in [4.69, 9.17) is 11.6 Å². The van der Waals surface area contributed by atoms with Crippen molar-refractivity contribution in [1.29, 1.82) is 0 Å². The Labute approximate surface area is 214 Å². The maximum Gasteiger partial charge on any atom is 0.335 e. The van der Waals surface area contributed by atoms with E-state index in [1.165, 1.54) is 17.8 Å². The Morgan fingerprint density at radius 2 is 1.88 bits per heavy atom. The van der Waals surface area contributed by atoms with Crippen LogP contribution in [-0.2, 0) is 0 Å². The van der Waals surface area contributed by atoms with Crippen molar-refractivity contribution in [3.05, 3.63) is 98.0 Å². The van der Waals surface area contributed by atoms with Crippen LogP contribution in [0.25, 0.3) is 0 Å². The molecule has 0 unspecified atom stereocenters. The predicted molar refractivity (Wildman–Crippen MR) is 137 cm³/mol. The van der Waals surface area contributed by atoms with Crippen molar-refractivity contribution in [3.63, 3.8) is 0 Å². The number of benzene rings is 3. The smallest absolute Gasteiger partial charge is 0.335 e. The van der Waals surface area contributed by atoms with Gasteiger partial charge in [-0.3, -0.25) is 10.1 Å². The van der Waals surface area contributed by atoms with Crippen molar-refractivity contribution in [1.82, 2.24) is 0 Å². The van der Waals surface area contributed by atoms with Gasteiger partial charge in [-0.05, 0) is 59.9 Å². The zero-order chi connectivity index (χ0) is 24.0. The minimum atomic E-state index is -0.982. The van der Waals surface area contributed by atoms with Crippen LogP contribution in [0.15, 0.2) is 76.1 Å². The molecular weight excluding hydrogens is 540 g/mol. The summed E-state index contributed by atoms with van der Waals surface area (Å²) in [6, 6.07) is 20.0. The van der Waals surface area contributed by atoms with E-state index >= 15 is 0 Å². The molecule has 34 heavy (non-hydrogen) atoms. The number of carboxylic acids is 1. The fraction of sp³-hybridized carbons (Fsp3) is 0.240. The molecular formula is C25H20BrClN2O4S. The SMILES string of the molecule is O=C(O)c1ccc2c(c1)[C@@H]1[C@H](Cl)[C@@H](Sc3ccccc3[N+](=O)[O-])C[C@@H]1[C@H](c1ccc(Br)cc1)N2. The van der Waals surface area contributed by atoms with Crippen LogP contribution in [0, 0.1) is 16.0 Å². The summed E-state index contributed by atoms with van der Waals surface area (Å²) in [5, 5.41) is 24.3. The van der Waals surface area contributed by atoms with Gasteiger partial charge >= 0.3 is 5.97 Å². The van der Waals surface area contributed by atoms with Crippen LogP contribution in [0.5, 0.6) is 0 Å². The number of para-hydroxylation sites is 1. The topological polar surface area (TPSA) is 92.5 Å². The van der Waals surface area contributed by atoms with Crippen LogP contribution < -0.4 is 5.32 Å². The molecule has 5 atom stereocenters. The van der Waals surface area contributed by atoms with E-state index in [0.29, 0.717) is 4.90 Å². The molecule has 174 valence electrons. The van der Waals surface area contributed by atoms with E-state index in [1.807, 2.05) is 18.2 Å². The van der Waals surface area contributed by atoms with Gasteiger partial charge in [-0.1, -0.05) is 40.2 Å². The molecule has 1 heterocycles. The molecule has 3 aromatic rings. The number of rotatable bonds is 5. The van der Waals surface area contributed by atoms with Crippen LogP contribution in [0.3, 0.4) is 0 Å². The first-order chi connectivity index (χ1) is 16.3. The molecule has 9 heteroatoms. The number of nitrogens with zero attached hydrogens (tertiary/aromatic N) is 1. The fourth-order valence-electron chi connectivity index (χ4n) is 5.12. The normalized spacial score (nSPS) is 25.2. The molecule has 0 bridgehead atoms. The minimum Gasteiger partial charge on any atom is -0.478 e. The van der Waals surface area contributed by atoms with Crippen LogP contribution in [0.4, 0.5) is 11.4 Å². The molecule has 3 aromatic carbocycles. The number of fused-ring (bicyclic) bond motifs is 3. The Morgan fingerprint density at radius 3 is 2.59 bits per heavy atom. The van der Waals surface area contributed by atoms with Gasteiger partial charge in [0.05, 0.1) is 26.8 Å². The molecule has 0 spiro atoms. The first-order valence-electron chi connectivity index (χ1n) is 10.8. The van der Waals surface area contributed by atoms with E-state index in [0.717, 1.165) is 27.7 Å². The summed E-state index contributed by atoms with van der Waals surface area (Å²) in [4.78, 5) is 23.4. The average Bonchev–Trinajstić information content (AvgIpc) is 3.15. The second-order valence-electron chi connectivity index (χ2n) is 8.53. The number of alkyl halides is 1. The quantitative estimate of drug-likeness (QED) is 0.197. The summed E-state index contributed by atoms with van der Waals surface area (Å²) >= 11 is 12.0. The second-order valence-corrected chi connectivity index (χ2v) is 11.2. The van der Waals surface area contributed by atoms with E-state index in [9.17, 15) is 20.0 Å². The Morgan fingerprint density at radius 1 is 1.15 bits per heavy atom. The van der Waals surface area contributed by atoms with Crippen molar-refractivity contribution in [2.24, 2.45) is 5.92 Å². The summed E-state index contributed by atoms with van der Waals surface area (Å²) in [6.07, 6.45) is 0.736. The first kappa shape index (κ1) is 23.2. The summed E-state index contributed by atoms with van der Waals surface area (Å²) in [5.41, 5.74) is 3.18. The zero-order valence-electron chi connectivity index (χ0n) is 17.7. The molecule has 5 rings (SSSR count). The van der Waals surface area contributed by atoms with E-state index in [1.54, 1.807) is 30.3 Å². The van der Waals surface area contributed by atoms with Crippen molar-refractivity contribution >= 4 is 56.6 Å². The minimum absolute atomic E-state index is 0.0149. The Hall–Kier alpha value is -2.55. The number of nitro benzene ring substituents is 1. The Bertz CT molecular complexity index is 1270. The fourth-order valence-corrected chi connectivity index (χ4v) is 7.33. The maximum absolute atomic E-state index is 11.7. The standard InChI is InChI=1S/C25H20BrClN2O4S/c26-15-8-5-13(6-9-15)24-17-12-21(34-20-4-2-1-3-19(20)29(32)33)23(27)22(17)16-11-14(25(30)31)7-10-18(16)28-24/h1-11,17,21-24,28H,12H2,(H,30,31)/t17-,21-,22-,23+,24-/m0/s1. The van der Waals surface area contributed by atoms with Crippen LogP contribution in [0.2, 0.25) is 0 Å². The molecule has 6 nitrogen and oxygen atoms in total. The maximum atomic E-state index is 11.7. The molecule has 0 aromatic heterocycles. The van der Waals surface area contributed by atoms with Gasteiger partial charge in [-0.2, -0.15) is 0 Å². The van der Waals surface area contributed by atoms with Crippen LogP contribution in [-0.4, -0.2) is 26.6 Å². The summed E-state index contributed by atoms with van der Waals surface area (Å²) in [5.74, 6) is -0.976. The predicted octanol–water partition coefficient (Wildman–Crippen LogP) is 7.09. The van der Waals surface area contributed by atoms with Gasteiger partial charge in [-0.15, -0.1) is 23.4 Å². The molecule has 1 aliphatic heterocycles. The largest absolute Gasteiger partial charge is 0.478 e. The van der Waals surface area contributed by atoms with E-state index < -0.39 is 5.97 Å². The number of nitro groups is 1. The zero-order valence-corrected chi connectivity index (χ0v) is 20.9. The number of thioether (sulfide) groups is 1. The third-order valence-electron chi connectivity index (χ3n) is 6.63. The highest BCUT2D eigenvalue weighted by Gasteiger charge is 2.50. The molecule has 0 saturated heterocycles. The lowest BCUT2D eigenvalue weighted by molar-refractivity contribution is -0.387. The third-order valence-corrected chi connectivity index (χ3v) is 9.27. The number of aromatic carboxylic acids is 1. The number of hydrogen-bond donors (Lipinski definition) is 2. The number of nitrogens with one attached hydrogen (secondary N) is 1. The van der Waals surface area contributed by atoms with Gasteiger partial charge in [0.15, 0.2) is 0 Å². The Kier molecular flexibility index (Phi) is 6.31. The molecule has 0 radical (unpaired) electrons. The third kappa shape index (κ3) is 4.19. The van der Waals surface area contributed by atoms with Gasteiger partial charge < -0.3 is 10.4 Å². The van der Waals surface area contributed by atoms with Gasteiger partial charge in [0.1, 0.15) is 0 Å². The van der Waals surface area contributed by atoms with Gasteiger partial charge in [0.2, 0.25) is 0 Å².